The summed E-state index contributed by atoms with van der Waals surface area (Å²) in [5.41, 5.74) is 2.19. The molecule has 29 heavy (non-hydrogen) atoms. The van der Waals surface area contributed by atoms with Crippen molar-refractivity contribution in [2.24, 2.45) is 5.41 Å². The van der Waals surface area contributed by atoms with E-state index in [0.29, 0.717) is 11.5 Å². The lowest BCUT2D eigenvalue weighted by atomic mass is 9.80. The Balaban J connectivity index is 1.25. The highest BCUT2D eigenvalue weighted by molar-refractivity contribution is 5.58. The molecule has 0 saturated carbocycles. The van der Waals surface area contributed by atoms with E-state index in [-0.39, 0.29) is 5.82 Å². The molecular formula is C24H36FN3O. The van der Waals surface area contributed by atoms with E-state index in [1.165, 1.54) is 38.6 Å². The van der Waals surface area contributed by atoms with Crippen LogP contribution in [0.15, 0.2) is 18.2 Å². The Hall–Kier alpha value is -1.33. The molecule has 2 atom stereocenters. The summed E-state index contributed by atoms with van der Waals surface area (Å²) in [6.07, 6.45) is 8.54. The van der Waals surface area contributed by atoms with E-state index >= 15 is 4.39 Å². The van der Waals surface area contributed by atoms with Crippen LogP contribution in [0.3, 0.4) is 0 Å². The van der Waals surface area contributed by atoms with Crippen LogP contribution in [-0.4, -0.2) is 62.9 Å². The van der Waals surface area contributed by atoms with Gasteiger partial charge in [0.1, 0.15) is 5.82 Å². The van der Waals surface area contributed by atoms with Crippen molar-refractivity contribution < 1.29 is 9.13 Å². The highest BCUT2D eigenvalue weighted by Crippen LogP contribution is 2.42. The second-order valence-corrected chi connectivity index (χ2v) is 9.75. The first kappa shape index (κ1) is 19.6. The van der Waals surface area contributed by atoms with Gasteiger partial charge in [0.05, 0.1) is 5.69 Å². The summed E-state index contributed by atoms with van der Waals surface area (Å²) in [4.78, 5) is 7.39. The van der Waals surface area contributed by atoms with Crippen molar-refractivity contribution in [3.63, 3.8) is 0 Å². The first-order valence-corrected chi connectivity index (χ1v) is 11.8. The molecule has 4 nitrogen and oxygen atoms in total. The zero-order valence-corrected chi connectivity index (χ0v) is 17.9. The van der Waals surface area contributed by atoms with Crippen molar-refractivity contribution in [2.45, 2.75) is 64.0 Å². The highest BCUT2D eigenvalue weighted by atomic mass is 19.1. The van der Waals surface area contributed by atoms with Gasteiger partial charge in [0.2, 0.25) is 0 Å². The third-order valence-electron chi connectivity index (χ3n) is 8.16. The van der Waals surface area contributed by atoms with E-state index in [0.717, 1.165) is 69.7 Å². The number of halogens is 1. The van der Waals surface area contributed by atoms with Crippen LogP contribution in [0.2, 0.25) is 0 Å². The van der Waals surface area contributed by atoms with Gasteiger partial charge < -0.3 is 14.5 Å². The second-order valence-electron chi connectivity index (χ2n) is 9.75. The van der Waals surface area contributed by atoms with Gasteiger partial charge in [-0.15, -0.1) is 0 Å². The summed E-state index contributed by atoms with van der Waals surface area (Å²) in [6, 6.07) is 7.36. The SMILES string of the molecule is CCC1CCCN1C1CCN(c2ccc(N3CCC4(CCOCC4)C3)c(F)c2)C1. The van der Waals surface area contributed by atoms with Crippen LogP contribution in [-0.2, 0) is 4.74 Å². The van der Waals surface area contributed by atoms with E-state index in [4.69, 9.17) is 4.74 Å². The summed E-state index contributed by atoms with van der Waals surface area (Å²) in [5, 5.41) is 0. The molecular weight excluding hydrogens is 365 g/mol. The van der Waals surface area contributed by atoms with Crippen LogP contribution in [0.25, 0.3) is 0 Å². The molecule has 5 rings (SSSR count). The molecule has 1 aromatic carbocycles. The number of hydrogen-bond acceptors (Lipinski definition) is 4. The zero-order chi connectivity index (χ0) is 19.8. The number of rotatable bonds is 4. The fourth-order valence-electron chi connectivity index (χ4n) is 6.33. The zero-order valence-electron chi connectivity index (χ0n) is 17.9. The van der Waals surface area contributed by atoms with Crippen molar-refractivity contribution in [3.8, 4) is 0 Å². The predicted molar refractivity (Wildman–Crippen MR) is 116 cm³/mol. The summed E-state index contributed by atoms with van der Waals surface area (Å²) in [7, 11) is 0. The molecule has 4 aliphatic rings. The molecule has 1 spiro atoms. The fraction of sp³-hybridized carbons (Fsp3) is 0.750. The first-order valence-electron chi connectivity index (χ1n) is 11.8. The standard InChI is InChI=1S/C24H36FN3O/c1-2-19-4-3-11-28(19)21-7-12-26(17-21)20-5-6-23(22(25)16-20)27-13-8-24(18-27)9-14-29-15-10-24/h5-6,16,19,21H,2-4,7-15,17-18H2,1H3. The Morgan fingerprint density at radius 2 is 1.93 bits per heavy atom. The Morgan fingerprint density at radius 3 is 2.72 bits per heavy atom. The second kappa shape index (κ2) is 8.07. The minimum atomic E-state index is -0.0531. The molecule has 4 fully saturated rings. The van der Waals surface area contributed by atoms with Crippen molar-refractivity contribution >= 4 is 11.4 Å². The lowest BCUT2D eigenvalue weighted by Crippen LogP contribution is -2.40. The van der Waals surface area contributed by atoms with E-state index in [1.807, 2.05) is 6.07 Å². The van der Waals surface area contributed by atoms with Crippen molar-refractivity contribution in [1.29, 1.82) is 0 Å². The molecule has 0 bridgehead atoms. The molecule has 0 aromatic heterocycles. The van der Waals surface area contributed by atoms with Crippen LogP contribution in [0.5, 0.6) is 0 Å². The average molecular weight is 402 g/mol. The Bertz CT molecular complexity index is 720. The van der Waals surface area contributed by atoms with Crippen molar-refractivity contribution in [1.82, 2.24) is 4.90 Å². The molecule has 5 heteroatoms. The lowest BCUT2D eigenvalue weighted by Gasteiger charge is -2.33. The molecule has 2 unspecified atom stereocenters. The molecule has 0 N–H and O–H groups in total. The van der Waals surface area contributed by atoms with Gasteiger partial charge in [0, 0.05) is 57.2 Å². The van der Waals surface area contributed by atoms with Gasteiger partial charge in [-0.05, 0) is 75.1 Å². The van der Waals surface area contributed by atoms with Gasteiger partial charge in [-0.2, -0.15) is 0 Å². The number of benzene rings is 1. The third-order valence-corrected chi connectivity index (χ3v) is 8.16. The maximum absolute atomic E-state index is 15.1. The van der Waals surface area contributed by atoms with Gasteiger partial charge in [-0.25, -0.2) is 4.39 Å². The number of hydrogen-bond donors (Lipinski definition) is 0. The normalized spacial score (nSPS) is 30.0. The topological polar surface area (TPSA) is 19.0 Å². The third kappa shape index (κ3) is 3.76. The Morgan fingerprint density at radius 1 is 1.07 bits per heavy atom. The van der Waals surface area contributed by atoms with E-state index in [1.54, 1.807) is 6.07 Å². The maximum atomic E-state index is 15.1. The minimum Gasteiger partial charge on any atom is -0.381 e. The molecule has 0 radical (unpaired) electrons. The van der Waals surface area contributed by atoms with Crippen LogP contribution in [0, 0.1) is 11.2 Å². The van der Waals surface area contributed by atoms with Crippen LogP contribution in [0.4, 0.5) is 15.8 Å². The molecule has 4 heterocycles. The largest absolute Gasteiger partial charge is 0.381 e. The quantitative estimate of drug-likeness (QED) is 0.749. The molecule has 4 aliphatic heterocycles. The molecule has 0 amide bonds. The molecule has 4 saturated heterocycles. The lowest BCUT2D eigenvalue weighted by molar-refractivity contribution is 0.0254. The maximum Gasteiger partial charge on any atom is 0.148 e. The van der Waals surface area contributed by atoms with E-state index in [9.17, 15) is 0 Å². The smallest absolute Gasteiger partial charge is 0.148 e. The van der Waals surface area contributed by atoms with Crippen molar-refractivity contribution in [3.05, 3.63) is 24.0 Å². The van der Waals surface area contributed by atoms with E-state index < -0.39 is 0 Å². The summed E-state index contributed by atoms with van der Waals surface area (Å²) >= 11 is 0. The average Bonchev–Trinajstić information content (AvgIpc) is 3.48. The van der Waals surface area contributed by atoms with Crippen LogP contribution < -0.4 is 9.80 Å². The summed E-state index contributed by atoms with van der Waals surface area (Å²) in [6.45, 7) is 9.31. The van der Waals surface area contributed by atoms with Gasteiger partial charge in [-0.1, -0.05) is 6.92 Å². The minimum absolute atomic E-state index is 0.0531. The Kier molecular flexibility index (Phi) is 5.46. The number of anilines is 2. The first-order chi connectivity index (χ1) is 14.2. The summed E-state index contributed by atoms with van der Waals surface area (Å²) < 4.78 is 20.7. The monoisotopic (exact) mass is 401 g/mol. The van der Waals surface area contributed by atoms with Gasteiger partial charge in [-0.3, -0.25) is 4.90 Å². The van der Waals surface area contributed by atoms with Gasteiger partial charge in [0.15, 0.2) is 0 Å². The van der Waals surface area contributed by atoms with Crippen molar-refractivity contribution in [2.75, 3.05) is 55.7 Å². The molecule has 160 valence electrons. The molecule has 0 aliphatic carbocycles. The number of ether oxygens (including phenoxy) is 1. The summed E-state index contributed by atoms with van der Waals surface area (Å²) in [5.74, 6) is -0.0531. The fourth-order valence-corrected chi connectivity index (χ4v) is 6.33. The van der Waals surface area contributed by atoms with Crippen LogP contribution in [0.1, 0.15) is 51.9 Å². The predicted octanol–water partition coefficient (Wildman–Crippen LogP) is 4.29. The van der Waals surface area contributed by atoms with Gasteiger partial charge in [0.25, 0.3) is 0 Å². The Labute approximate surface area is 175 Å². The van der Waals surface area contributed by atoms with Crippen LogP contribution >= 0.6 is 0 Å². The molecule has 1 aromatic rings. The number of nitrogens with zero attached hydrogens (tertiary/aromatic N) is 3. The van der Waals surface area contributed by atoms with E-state index in [2.05, 4.69) is 27.7 Å². The van der Waals surface area contributed by atoms with Gasteiger partial charge >= 0.3 is 0 Å². The highest BCUT2D eigenvalue weighted by Gasteiger charge is 2.40. The number of likely N-dealkylation sites (tertiary alicyclic amines) is 1.